The fourth-order valence-electron chi connectivity index (χ4n) is 2.67. The molecule has 2 atom stereocenters. The summed E-state index contributed by atoms with van der Waals surface area (Å²) in [6.07, 6.45) is 4.65. The molecule has 3 rings (SSSR count). The molecule has 1 saturated heterocycles. The van der Waals surface area contributed by atoms with Gasteiger partial charge in [-0.15, -0.1) is 0 Å². The van der Waals surface area contributed by atoms with Crippen LogP contribution in [0.2, 0.25) is 0 Å². The number of rotatable bonds is 1. The molecule has 1 fully saturated rings. The van der Waals surface area contributed by atoms with Crippen LogP contribution >= 0.6 is 0 Å². The van der Waals surface area contributed by atoms with E-state index in [2.05, 4.69) is 41.7 Å². The number of piperidine rings is 1. The van der Waals surface area contributed by atoms with Crippen LogP contribution in [0.1, 0.15) is 31.4 Å². The van der Waals surface area contributed by atoms with Crippen LogP contribution in [-0.4, -0.2) is 16.3 Å². The Kier molecular flexibility index (Phi) is 2.63. The Hall–Kier alpha value is -1.35. The van der Waals surface area contributed by atoms with E-state index >= 15 is 0 Å². The molecule has 1 aromatic carbocycles. The van der Waals surface area contributed by atoms with Crippen molar-refractivity contribution in [2.45, 2.75) is 25.8 Å². The van der Waals surface area contributed by atoms with E-state index in [9.17, 15) is 0 Å². The highest BCUT2D eigenvalue weighted by atomic mass is 15.2. The maximum absolute atomic E-state index is 4.41. The Bertz CT molecular complexity index is 521. The summed E-state index contributed by atoms with van der Waals surface area (Å²) in [5, 5.41) is 9.28. The second-order valence-corrected chi connectivity index (χ2v) is 5.26. The minimum atomic E-state index is 0.524. The highest BCUT2D eigenvalue weighted by Crippen LogP contribution is 2.27. The second kappa shape index (κ2) is 4.15. The fraction of sp³-hybridized carbons (Fsp3) is 0.500. The highest BCUT2D eigenvalue weighted by molar-refractivity contribution is 5.78. The third-order valence-electron chi connectivity index (χ3n) is 3.71. The molecule has 0 radical (unpaired) electrons. The van der Waals surface area contributed by atoms with Gasteiger partial charge in [-0.05, 0) is 43.0 Å². The van der Waals surface area contributed by atoms with Crippen LogP contribution in [0.3, 0.4) is 0 Å². The number of aryl methyl sites for hydroxylation is 1. The highest BCUT2D eigenvalue weighted by Gasteiger charge is 2.19. The average Bonchev–Trinajstić information content (AvgIpc) is 2.69. The predicted molar refractivity (Wildman–Crippen MR) is 69.9 cm³/mol. The summed E-state index contributed by atoms with van der Waals surface area (Å²) in [5.74, 6) is 0.813. The van der Waals surface area contributed by atoms with Gasteiger partial charge in [0.25, 0.3) is 0 Å². The molecule has 2 aromatic rings. The summed E-state index contributed by atoms with van der Waals surface area (Å²) >= 11 is 0. The Labute approximate surface area is 102 Å². The van der Waals surface area contributed by atoms with Crippen molar-refractivity contribution in [3.8, 4) is 0 Å². The van der Waals surface area contributed by atoms with Crippen LogP contribution in [0.25, 0.3) is 10.9 Å². The molecule has 0 bridgehead atoms. The summed E-state index contributed by atoms with van der Waals surface area (Å²) in [4.78, 5) is 0. The van der Waals surface area contributed by atoms with Gasteiger partial charge in [-0.1, -0.05) is 13.0 Å². The van der Waals surface area contributed by atoms with Gasteiger partial charge in [0.2, 0.25) is 0 Å². The maximum atomic E-state index is 4.41. The summed E-state index contributed by atoms with van der Waals surface area (Å²) in [6.45, 7) is 3.45. The Balaban J connectivity index is 1.89. The molecule has 0 spiro atoms. The SMILES string of the molecule is C[C@H]1CC[C@H](c2ccc3nn(C)cc3c2)NC1. The summed E-state index contributed by atoms with van der Waals surface area (Å²) < 4.78 is 1.88. The van der Waals surface area contributed by atoms with Gasteiger partial charge in [-0.3, -0.25) is 4.68 Å². The van der Waals surface area contributed by atoms with Crippen molar-refractivity contribution in [3.63, 3.8) is 0 Å². The van der Waals surface area contributed by atoms with Crippen LogP contribution < -0.4 is 5.32 Å². The molecule has 3 nitrogen and oxygen atoms in total. The second-order valence-electron chi connectivity index (χ2n) is 5.26. The van der Waals surface area contributed by atoms with Crippen LogP contribution in [0.5, 0.6) is 0 Å². The molecular weight excluding hydrogens is 210 g/mol. The lowest BCUT2D eigenvalue weighted by Crippen LogP contribution is -2.31. The van der Waals surface area contributed by atoms with Crippen LogP contribution in [0.4, 0.5) is 0 Å². The lowest BCUT2D eigenvalue weighted by molar-refractivity contribution is 0.333. The molecule has 0 saturated carbocycles. The van der Waals surface area contributed by atoms with Gasteiger partial charge in [-0.25, -0.2) is 0 Å². The lowest BCUT2D eigenvalue weighted by Gasteiger charge is -2.28. The van der Waals surface area contributed by atoms with E-state index in [0.29, 0.717) is 6.04 Å². The maximum Gasteiger partial charge on any atom is 0.0923 e. The summed E-state index contributed by atoms with van der Waals surface area (Å²) in [5.41, 5.74) is 2.48. The van der Waals surface area contributed by atoms with Crippen molar-refractivity contribution in [1.82, 2.24) is 15.1 Å². The van der Waals surface area contributed by atoms with Crippen molar-refractivity contribution >= 4 is 10.9 Å². The molecule has 1 aromatic heterocycles. The molecular formula is C14H19N3. The van der Waals surface area contributed by atoms with Crippen molar-refractivity contribution in [3.05, 3.63) is 30.0 Å². The molecule has 1 N–H and O–H groups in total. The zero-order chi connectivity index (χ0) is 11.8. The molecule has 2 heterocycles. The van der Waals surface area contributed by atoms with E-state index in [-0.39, 0.29) is 0 Å². The predicted octanol–water partition coefficient (Wildman–Crippen LogP) is 2.63. The van der Waals surface area contributed by atoms with Gasteiger partial charge in [0.15, 0.2) is 0 Å². The van der Waals surface area contributed by atoms with E-state index in [4.69, 9.17) is 0 Å². The first-order chi connectivity index (χ1) is 8.22. The zero-order valence-electron chi connectivity index (χ0n) is 10.5. The first-order valence-corrected chi connectivity index (χ1v) is 6.39. The number of hydrogen-bond donors (Lipinski definition) is 1. The minimum Gasteiger partial charge on any atom is -0.310 e. The topological polar surface area (TPSA) is 29.9 Å². The molecule has 3 heteroatoms. The third kappa shape index (κ3) is 2.07. The van der Waals surface area contributed by atoms with E-state index in [0.717, 1.165) is 18.0 Å². The molecule has 0 amide bonds. The van der Waals surface area contributed by atoms with Gasteiger partial charge in [0, 0.05) is 24.7 Å². The molecule has 90 valence electrons. The number of hydrogen-bond acceptors (Lipinski definition) is 2. The standard InChI is InChI=1S/C14H19N3/c1-10-3-5-13(15-8-10)11-4-6-14-12(7-11)9-17(2)16-14/h4,6-7,9-10,13,15H,3,5,8H2,1-2H3/t10-,13+/m0/s1. The Morgan fingerprint density at radius 3 is 3.00 bits per heavy atom. The van der Waals surface area contributed by atoms with Crippen LogP contribution in [0.15, 0.2) is 24.4 Å². The normalized spacial score (nSPS) is 25.3. The molecule has 1 aliphatic rings. The molecule has 17 heavy (non-hydrogen) atoms. The fourth-order valence-corrected chi connectivity index (χ4v) is 2.67. The number of aromatic nitrogens is 2. The number of fused-ring (bicyclic) bond motifs is 1. The van der Waals surface area contributed by atoms with Crippen molar-refractivity contribution < 1.29 is 0 Å². The largest absolute Gasteiger partial charge is 0.310 e. The third-order valence-corrected chi connectivity index (χ3v) is 3.71. The van der Waals surface area contributed by atoms with Crippen molar-refractivity contribution in [2.24, 2.45) is 13.0 Å². The van der Waals surface area contributed by atoms with E-state index in [1.807, 2.05) is 11.7 Å². The molecule has 0 aliphatic carbocycles. The van der Waals surface area contributed by atoms with Crippen LogP contribution in [-0.2, 0) is 7.05 Å². The number of nitrogens with one attached hydrogen (secondary N) is 1. The van der Waals surface area contributed by atoms with Gasteiger partial charge in [0.05, 0.1) is 5.52 Å². The van der Waals surface area contributed by atoms with E-state index in [1.165, 1.54) is 23.8 Å². The van der Waals surface area contributed by atoms with Crippen molar-refractivity contribution in [1.29, 1.82) is 0 Å². The quantitative estimate of drug-likeness (QED) is 0.814. The zero-order valence-corrected chi connectivity index (χ0v) is 10.5. The Morgan fingerprint density at radius 2 is 2.24 bits per heavy atom. The molecule has 1 aliphatic heterocycles. The monoisotopic (exact) mass is 229 g/mol. The average molecular weight is 229 g/mol. The smallest absolute Gasteiger partial charge is 0.0923 e. The van der Waals surface area contributed by atoms with E-state index < -0.39 is 0 Å². The van der Waals surface area contributed by atoms with Gasteiger partial charge in [0.1, 0.15) is 0 Å². The molecule has 0 unspecified atom stereocenters. The number of nitrogens with zero attached hydrogens (tertiary/aromatic N) is 2. The van der Waals surface area contributed by atoms with Crippen molar-refractivity contribution in [2.75, 3.05) is 6.54 Å². The van der Waals surface area contributed by atoms with Gasteiger partial charge < -0.3 is 5.32 Å². The lowest BCUT2D eigenvalue weighted by atomic mass is 9.92. The van der Waals surface area contributed by atoms with Gasteiger partial charge >= 0.3 is 0 Å². The summed E-state index contributed by atoms with van der Waals surface area (Å²) in [6, 6.07) is 7.14. The Morgan fingerprint density at radius 1 is 1.35 bits per heavy atom. The first kappa shape index (κ1) is 10.8. The first-order valence-electron chi connectivity index (χ1n) is 6.39. The number of benzene rings is 1. The van der Waals surface area contributed by atoms with Crippen LogP contribution in [0, 0.1) is 5.92 Å². The minimum absolute atomic E-state index is 0.524. The summed E-state index contributed by atoms with van der Waals surface area (Å²) in [7, 11) is 1.97. The van der Waals surface area contributed by atoms with Gasteiger partial charge in [-0.2, -0.15) is 5.10 Å². The van der Waals surface area contributed by atoms with E-state index in [1.54, 1.807) is 0 Å².